The zero-order valence-corrected chi connectivity index (χ0v) is 14.2. The normalized spacial score (nSPS) is 10.2. The van der Waals surface area contributed by atoms with Gasteiger partial charge in [-0.25, -0.2) is 4.68 Å². The monoisotopic (exact) mass is 297 g/mol. The van der Waals surface area contributed by atoms with E-state index in [9.17, 15) is 0 Å². The van der Waals surface area contributed by atoms with Crippen molar-refractivity contribution in [2.24, 2.45) is 11.8 Å². The van der Waals surface area contributed by atoms with Crippen molar-refractivity contribution in [2.45, 2.75) is 47.1 Å². The van der Waals surface area contributed by atoms with E-state index in [1.807, 2.05) is 29.1 Å². The molecule has 0 spiro atoms. The van der Waals surface area contributed by atoms with Gasteiger partial charge >= 0.3 is 0 Å². The van der Waals surface area contributed by atoms with Gasteiger partial charge in [0.2, 0.25) is 0 Å². The van der Waals surface area contributed by atoms with Gasteiger partial charge in [0.25, 0.3) is 0 Å². The minimum absolute atomic E-state index is 0.627. The summed E-state index contributed by atoms with van der Waals surface area (Å²) < 4.78 is 1.90. The second-order valence-corrected chi connectivity index (χ2v) is 6.29. The second kappa shape index (κ2) is 9.78. The smallest absolute Gasteiger partial charge is 0.0829 e. The SMILES string of the molecule is C#CCC(C)C.CC(C)Cc1cn(Cc2ccccc2)nn1. The molecule has 2 aromatic rings. The highest BCUT2D eigenvalue weighted by Crippen LogP contribution is 2.06. The van der Waals surface area contributed by atoms with Crippen LogP contribution >= 0.6 is 0 Å². The molecule has 3 heteroatoms. The third kappa shape index (κ3) is 7.64. The lowest BCUT2D eigenvalue weighted by Crippen LogP contribution is -1.99. The van der Waals surface area contributed by atoms with Crippen molar-refractivity contribution >= 4 is 0 Å². The lowest BCUT2D eigenvalue weighted by molar-refractivity contribution is 0.630. The van der Waals surface area contributed by atoms with Crippen LogP contribution in [-0.2, 0) is 13.0 Å². The Balaban J connectivity index is 0.000000346. The van der Waals surface area contributed by atoms with Gasteiger partial charge in [0.1, 0.15) is 0 Å². The van der Waals surface area contributed by atoms with Gasteiger partial charge in [-0.05, 0) is 23.8 Å². The minimum Gasteiger partial charge on any atom is -0.248 e. The fraction of sp³-hybridized carbons (Fsp3) is 0.474. The Kier molecular flexibility index (Phi) is 7.99. The third-order valence-electron chi connectivity index (χ3n) is 2.92. The number of nitrogens with zero attached hydrogens (tertiary/aromatic N) is 3. The number of benzene rings is 1. The number of terminal acetylenes is 1. The van der Waals surface area contributed by atoms with Gasteiger partial charge < -0.3 is 0 Å². The second-order valence-electron chi connectivity index (χ2n) is 6.29. The van der Waals surface area contributed by atoms with Gasteiger partial charge in [-0.15, -0.1) is 17.4 Å². The largest absolute Gasteiger partial charge is 0.248 e. The molecule has 0 fully saturated rings. The molecule has 0 bridgehead atoms. The van der Waals surface area contributed by atoms with Crippen molar-refractivity contribution in [3.63, 3.8) is 0 Å². The van der Waals surface area contributed by atoms with E-state index in [0.717, 1.165) is 25.1 Å². The van der Waals surface area contributed by atoms with Crippen LogP contribution in [0, 0.1) is 24.2 Å². The Labute approximate surface area is 134 Å². The zero-order valence-electron chi connectivity index (χ0n) is 14.2. The standard InChI is InChI=1S/C13H17N3.C6H10/c1-11(2)8-13-10-16(15-14-13)9-12-6-4-3-5-7-12;1-4-5-6(2)3/h3-7,10-11H,8-9H2,1-2H3;1,6H,5H2,2-3H3. The predicted molar refractivity (Wildman–Crippen MR) is 92.4 cm³/mol. The van der Waals surface area contributed by atoms with Gasteiger partial charge in [-0.1, -0.05) is 63.2 Å². The highest BCUT2D eigenvalue weighted by molar-refractivity contribution is 5.14. The maximum Gasteiger partial charge on any atom is 0.0829 e. The maximum absolute atomic E-state index is 4.98. The average Bonchev–Trinajstić information content (AvgIpc) is 2.86. The van der Waals surface area contributed by atoms with Gasteiger partial charge in [-0.3, -0.25) is 0 Å². The first-order chi connectivity index (χ1) is 10.5. The first-order valence-corrected chi connectivity index (χ1v) is 7.87. The van der Waals surface area contributed by atoms with E-state index in [1.165, 1.54) is 5.56 Å². The number of hydrogen-bond acceptors (Lipinski definition) is 2. The van der Waals surface area contributed by atoms with Crippen molar-refractivity contribution in [1.29, 1.82) is 0 Å². The molecule has 1 aromatic carbocycles. The van der Waals surface area contributed by atoms with Crippen LogP contribution in [0.4, 0.5) is 0 Å². The highest BCUT2D eigenvalue weighted by Gasteiger charge is 2.03. The molecule has 1 aromatic heterocycles. The van der Waals surface area contributed by atoms with Crippen molar-refractivity contribution < 1.29 is 0 Å². The minimum atomic E-state index is 0.627. The quantitative estimate of drug-likeness (QED) is 0.775. The Hall–Kier alpha value is -2.08. The van der Waals surface area contributed by atoms with Crippen LogP contribution in [0.5, 0.6) is 0 Å². The molecule has 3 nitrogen and oxygen atoms in total. The van der Waals surface area contributed by atoms with E-state index in [2.05, 4.69) is 56.1 Å². The summed E-state index contributed by atoms with van der Waals surface area (Å²) in [6, 6.07) is 10.3. The van der Waals surface area contributed by atoms with Crippen LogP contribution in [0.25, 0.3) is 0 Å². The summed E-state index contributed by atoms with van der Waals surface area (Å²) in [5.74, 6) is 3.86. The maximum atomic E-state index is 4.98. The highest BCUT2D eigenvalue weighted by atomic mass is 15.4. The summed E-state index contributed by atoms with van der Waals surface area (Å²) in [6.45, 7) is 9.40. The van der Waals surface area contributed by atoms with Crippen LogP contribution in [0.2, 0.25) is 0 Å². The molecule has 0 radical (unpaired) electrons. The number of rotatable bonds is 5. The molecule has 0 amide bonds. The molecule has 0 aliphatic carbocycles. The van der Waals surface area contributed by atoms with E-state index >= 15 is 0 Å². The van der Waals surface area contributed by atoms with Gasteiger partial charge in [-0.2, -0.15) is 0 Å². The van der Waals surface area contributed by atoms with Crippen molar-refractivity contribution in [1.82, 2.24) is 15.0 Å². The molecule has 0 saturated heterocycles. The zero-order chi connectivity index (χ0) is 16.4. The Morgan fingerprint density at radius 2 is 1.77 bits per heavy atom. The van der Waals surface area contributed by atoms with Crippen LogP contribution in [0.1, 0.15) is 45.4 Å². The average molecular weight is 297 g/mol. The fourth-order valence-electron chi connectivity index (χ4n) is 1.93. The summed E-state index contributed by atoms with van der Waals surface area (Å²) >= 11 is 0. The topological polar surface area (TPSA) is 30.7 Å². The van der Waals surface area contributed by atoms with Crippen LogP contribution in [0.15, 0.2) is 36.5 Å². The van der Waals surface area contributed by atoms with Crippen molar-refractivity contribution in [2.75, 3.05) is 0 Å². The van der Waals surface area contributed by atoms with E-state index in [0.29, 0.717) is 11.8 Å². The molecule has 0 aliphatic heterocycles. The van der Waals surface area contributed by atoms with Crippen molar-refractivity contribution in [3.8, 4) is 12.3 Å². The third-order valence-corrected chi connectivity index (χ3v) is 2.92. The lowest BCUT2D eigenvalue weighted by Gasteiger charge is -2.00. The number of hydrogen-bond donors (Lipinski definition) is 0. The lowest BCUT2D eigenvalue weighted by atomic mass is 10.1. The first-order valence-electron chi connectivity index (χ1n) is 7.87. The van der Waals surface area contributed by atoms with Gasteiger partial charge in [0, 0.05) is 12.6 Å². The van der Waals surface area contributed by atoms with Crippen LogP contribution in [-0.4, -0.2) is 15.0 Å². The van der Waals surface area contributed by atoms with Gasteiger partial charge in [0.15, 0.2) is 0 Å². The van der Waals surface area contributed by atoms with Crippen LogP contribution < -0.4 is 0 Å². The molecule has 0 atom stereocenters. The molecule has 2 rings (SSSR count). The van der Waals surface area contributed by atoms with E-state index in [4.69, 9.17) is 6.42 Å². The van der Waals surface area contributed by atoms with E-state index in [-0.39, 0.29) is 0 Å². The molecule has 0 saturated carbocycles. The van der Waals surface area contributed by atoms with Gasteiger partial charge in [0.05, 0.1) is 12.2 Å². The fourth-order valence-corrected chi connectivity index (χ4v) is 1.93. The molecule has 22 heavy (non-hydrogen) atoms. The molecule has 118 valence electrons. The van der Waals surface area contributed by atoms with Crippen molar-refractivity contribution in [3.05, 3.63) is 47.8 Å². The summed E-state index contributed by atoms with van der Waals surface area (Å²) in [6.07, 6.45) is 8.91. The summed E-state index contributed by atoms with van der Waals surface area (Å²) in [7, 11) is 0. The Morgan fingerprint density at radius 1 is 1.09 bits per heavy atom. The first kappa shape index (κ1) is 18.0. The predicted octanol–water partition coefficient (Wildman–Crippen LogP) is 4.19. The summed E-state index contributed by atoms with van der Waals surface area (Å²) in [5, 5.41) is 8.30. The molecular formula is C19H27N3. The van der Waals surface area contributed by atoms with E-state index < -0.39 is 0 Å². The molecule has 1 heterocycles. The Morgan fingerprint density at radius 3 is 2.27 bits per heavy atom. The van der Waals surface area contributed by atoms with E-state index in [1.54, 1.807) is 0 Å². The summed E-state index contributed by atoms with van der Waals surface area (Å²) in [4.78, 5) is 0. The van der Waals surface area contributed by atoms with Crippen LogP contribution in [0.3, 0.4) is 0 Å². The number of aromatic nitrogens is 3. The molecule has 0 N–H and O–H groups in total. The summed E-state index contributed by atoms with van der Waals surface area (Å²) in [5.41, 5.74) is 2.33. The Bertz CT molecular complexity index is 562. The molecule has 0 unspecified atom stereocenters. The molecule has 0 aliphatic rings. The molecular weight excluding hydrogens is 270 g/mol.